The van der Waals surface area contributed by atoms with E-state index in [1.54, 1.807) is 24.5 Å². The van der Waals surface area contributed by atoms with Gasteiger partial charge in [0.2, 0.25) is 5.88 Å². The summed E-state index contributed by atoms with van der Waals surface area (Å²) < 4.78 is 35.8. The van der Waals surface area contributed by atoms with Gasteiger partial charge in [-0.1, -0.05) is 33.8 Å². The number of hydrogen-bond donors (Lipinski definition) is 1. The number of hydrogen-bond acceptors (Lipinski definition) is 7. The van der Waals surface area contributed by atoms with E-state index in [4.69, 9.17) is 9.57 Å². The van der Waals surface area contributed by atoms with Crippen LogP contribution in [0.25, 0.3) is 0 Å². The number of aromatic nitrogens is 2. The molecule has 0 spiro atoms. The molecule has 190 valence electrons. The van der Waals surface area contributed by atoms with Crippen molar-refractivity contribution in [2.24, 2.45) is 15.7 Å². The third-order valence-corrected chi connectivity index (χ3v) is 7.97. The molecule has 0 aliphatic carbocycles. The first kappa shape index (κ1) is 25.5. The van der Waals surface area contributed by atoms with Gasteiger partial charge in [0.25, 0.3) is 10.0 Å². The molecule has 3 heterocycles. The van der Waals surface area contributed by atoms with Gasteiger partial charge in [0, 0.05) is 19.0 Å². The maximum absolute atomic E-state index is 13.2. The van der Waals surface area contributed by atoms with E-state index >= 15 is 0 Å². The molecule has 2 aliphatic heterocycles. The summed E-state index contributed by atoms with van der Waals surface area (Å²) in [6.07, 6.45) is 4.05. The number of amidine groups is 1. The first-order chi connectivity index (χ1) is 16.5. The van der Waals surface area contributed by atoms with Crippen LogP contribution in [0.1, 0.15) is 64.4 Å². The quantitative estimate of drug-likeness (QED) is 0.639. The van der Waals surface area contributed by atoms with Crippen LogP contribution in [0.5, 0.6) is 5.88 Å². The fourth-order valence-electron chi connectivity index (χ4n) is 4.67. The Labute approximate surface area is 208 Å². The Balaban J connectivity index is 1.52. The number of hydroxylamine groups is 1. The highest BCUT2D eigenvalue weighted by molar-refractivity contribution is 7.90. The average Bonchev–Trinajstić information content (AvgIpc) is 3.18. The summed E-state index contributed by atoms with van der Waals surface area (Å²) in [6.45, 7) is 14.1. The lowest BCUT2D eigenvalue weighted by atomic mass is 9.82. The van der Waals surface area contributed by atoms with Gasteiger partial charge >= 0.3 is 0 Å². The van der Waals surface area contributed by atoms with E-state index < -0.39 is 10.0 Å². The second kappa shape index (κ2) is 9.83. The van der Waals surface area contributed by atoms with Crippen molar-refractivity contribution in [3.8, 4) is 5.88 Å². The van der Waals surface area contributed by atoms with Crippen LogP contribution in [-0.2, 0) is 27.8 Å². The smallest absolute Gasteiger partial charge is 0.284 e. The molecule has 0 saturated carbocycles. The fraction of sp³-hybridized carbons (Fsp3) is 0.560. The molecule has 1 fully saturated rings. The van der Waals surface area contributed by atoms with E-state index in [-0.39, 0.29) is 28.4 Å². The number of ether oxygens (including phenoxy) is 1. The summed E-state index contributed by atoms with van der Waals surface area (Å²) in [6, 6.07) is 5.33. The predicted octanol–water partition coefficient (Wildman–Crippen LogP) is 3.67. The van der Waals surface area contributed by atoms with E-state index in [1.165, 1.54) is 0 Å². The Morgan fingerprint density at radius 1 is 1.26 bits per heavy atom. The Kier molecular flexibility index (Phi) is 7.17. The lowest BCUT2D eigenvalue weighted by Gasteiger charge is -2.33. The van der Waals surface area contributed by atoms with Crippen molar-refractivity contribution in [2.75, 3.05) is 13.2 Å². The zero-order chi connectivity index (χ0) is 25.4. The minimum atomic E-state index is -3.89. The Morgan fingerprint density at radius 3 is 2.66 bits per heavy atom. The molecule has 1 N–H and O–H groups in total. The SMILES string of the molecule is CCOc1cnc([C@@H](C)N2CCc3ccc(S(=O)(=O)N=C4NOC(C(C)(C)C)C4C)cc3C2)cn1. The zero-order valence-corrected chi connectivity index (χ0v) is 22.1. The first-order valence-corrected chi connectivity index (χ1v) is 13.5. The maximum Gasteiger partial charge on any atom is 0.284 e. The van der Waals surface area contributed by atoms with Gasteiger partial charge in [-0.25, -0.2) is 4.98 Å². The summed E-state index contributed by atoms with van der Waals surface area (Å²) in [5, 5.41) is 0. The highest BCUT2D eigenvalue weighted by Crippen LogP contribution is 2.33. The topological polar surface area (TPSA) is 106 Å². The molecule has 0 amide bonds. The van der Waals surface area contributed by atoms with Crippen molar-refractivity contribution >= 4 is 15.9 Å². The highest BCUT2D eigenvalue weighted by Gasteiger charge is 2.40. The lowest BCUT2D eigenvalue weighted by molar-refractivity contribution is -0.0349. The molecule has 9 nitrogen and oxygen atoms in total. The molecular weight excluding hydrogens is 466 g/mol. The van der Waals surface area contributed by atoms with Crippen molar-refractivity contribution in [1.82, 2.24) is 20.3 Å². The molecule has 1 saturated heterocycles. The summed E-state index contributed by atoms with van der Waals surface area (Å²) in [4.78, 5) is 16.9. The molecule has 0 bridgehead atoms. The van der Waals surface area contributed by atoms with Gasteiger partial charge < -0.3 is 4.74 Å². The number of benzene rings is 1. The number of fused-ring (bicyclic) bond motifs is 1. The van der Waals surface area contributed by atoms with Crippen molar-refractivity contribution < 1.29 is 18.0 Å². The van der Waals surface area contributed by atoms with Gasteiger partial charge in [0.1, 0.15) is 5.84 Å². The van der Waals surface area contributed by atoms with Crippen LogP contribution >= 0.6 is 0 Å². The minimum Gasteiger partial charge on any atom is -0.477 e. The Morgan fingerprint density at radius 2 is 2.03 bits per heavy atom. The molecule has 0 radical (unpaired) electrons. The summed E-state index contributed by atoms with van der Waals surface area (Å²) in [5.41, 5.74) is 5.59. The van der Waals surface area contributed by atoms with Gasteiger partial charge in [0.15, 0.2) is 0 Å². The predicted molar refractivity (Wildman–Crippen MR) is 133 cm³/mol. The van der Waals surface area contributed by atoms with Crippen molar-refractivity contribution in [3.63, 3.8) is 0 Å². The van der Waals surface area contributed by atoms with E-state index in [9.17, 15) is 8.42 Å². The van der Waals surface area contributed by atoms with E-state index in [0.717, 1.165) is 29.8 Å². The van der Waals surface area contributed by atoms with Crippen molar-refractivity contribution in [3.05, 3.63) is 47.4 Å². The van der Waals surface area contributed by atoms with Crippen LogP contribution < -0.4 is 10.2 Å². The molecule has 1 aromatic heterocycles. The zero-order valence-electron chi connectivity index (χ0n) is 21.3. The van der Waals surface area contributed by atoms with Gasteiger partial charge in [-0.15, -0.1) is 4.40 Å². The first-order valence-electron chi connectivity index (χ1n) is 12.1. The highest BCUT2D eigenvalue weighted by atomic mass is 32.2. The largest absolute Gasteiger partial charge is 0.477 e. The summed E-state index contributed by atoms with van der Waals surface area (Å²) in [5.74, 6) is 0.690. The van der Waals surface area contributed by atoms with E-state index in [0.29, 0.717) is 24.9 Å². The Hall–Kier alpha value is -2.56. The summed E-state index contributed by atoms with van der Waals surface area (Å²) in [7, 11) is -3.89. The van der Waals surface area contributed by atoms with E-state index in [2.05, 4.69) is 52.4 Å². The third-order valence-electron chi connectivity index (χ3n) is 6.68. The molecule has 1 aromatic carbocycles. The summed E-state index contributed by atoms with van der Waals surface area (Å²) >= 11 is 0. The average molecular weight is 502 g/mol. The minimum absolute atomic E-state index is 0.0295. The third kappa shape index (κ3) is 5.49. The molecule has 4 rings (SSSR count). The lowest BCUT2D eigenvalue weighted by Crippen LogP contribution is -2.33. The second-order valence-electron chi connectivity index (χ2n) is 10.3. The van der Waals surface area contributed by atoms with Crippen LogP contribution in [0.4, 0.5) is 0 Å². The van der Waals surface area contributed by atoms with Crippen LogP contribution in [0.3, 0.4) is 0 Å². The monoisotopic (exact) mass is 501 g/mol. The van der Waals surface area contributed by atoms with Crippen LogP contribution in [0, 0.1) is 11.3 Å². The Bertz CT molecular complexity index is 1190. The van der Waals surface area contributed by atoms with Crippen molar-refractivity contribution in [1.29, 1.82) is 0 Å². The van der Waals surface area contributed by atoms with Crippen LogP contribution in [0.15, 0.2) is 39.9 Å². The van der Waals surface area contributed by atoms with Crippen molar-refractivity contribution in [2.45, 2.75) is 71.5 Å². The van der Waals surface area contributed by atoms with E-state index in [1.807, 2.05) is 19.9 Å². The molecule has 35 heavy (non-hydrogen) atoms. The molecular formula is C25H35N5O4S. The van der Waals surface area contributed by atoms with Crippen LogP contribution in [-0.4, -0.2) is 48.4 Å². The van der Waals surface area contributed by atoms with Gasteiger partial charge in [0.05, 0.1) is 41.7 Å². The van der Waals surface area contributed by atoms with Crippen LogP contribution in [0.2, 0.25) is 0 Å². The number of rotatable bonds is 6. The van der Waals surface area contributed by atoms with Gasteiger partial charge in [-0.05, 0) is 48.9 Å². The normalized spacial score (nSPS) is 23.1. The van der Waals surface area contributed by atoms with Gasteiger partial charge in [-0.3, -0.25) is 20.2 Å². The number of nitrogens with one attached hydrogen (secondary N) is 1. The standard InChI is InChI=1S/C25H35N5O4S/c1-7-33-22-14-26-21(13-27-22)17(3)30-11-10-18-8-9-20(12-19(18)15-30)35(31,32)29-24-16(2)23(34-28-24)25(4,5)6/h8-9,12-14,16-17,23H,7,10-11,15H2,1-6H3,(H,28,29)/t16?,17-,23?/m1/s1. The second-order valence-corrected chi connectivity index (χ2v) is 11.9. The molecule has 3 atom stereocenters. The molecule has 2 aliphatic rings. The van der Waals surface area contributed by atoms with Gasteiger partial charge in [-0.2, -0.15) is 8.42 Å². The maximum atomic E-state index is 13.2. The molecule has 2 aromatic rings. The number of sulfonamides is 1. The molecule has 2 unspecified atom stereocenters. The molecule has 10 heteroatoms. The number of nitrogens with zero attached hydrogens (tertiary/aromatic N) is 4. The fourth-order valence-corrected chi connectivity index (χ4v) is 5.77.